The average molecular weight is 446 g/mol. The maximum atomic E-state index is 11.2. The molecule has 0 bridgehead atoms. The van der Waals surface area contributed by atoms with E-state index < -0.39 is 5.97 Å². The predicted molar refractivity (Wildman–Crippen MR) is 114 cm³/mol. The molecule has 0 atom stereocenters. The molecule has 0 radical (unpaired) electrons. The number of nitrogens with one attached hydrogen (secondary N) is 1. The molecule has 154 valence electrons. The van der Waals surface area contributed by atoms with E-state index in [2.05, 4.69) is 15.1 Å². The number of para-hydroxylation sites is 1. The Bertz CT molecular complexity index is 1180. The summed E-state index contributed by atoms with van der Waals surface area (Å²) in [5.74, 6) is -0.330. The topological polar surface area (TPSA) is 163 Å². The number of aromatic nitrogens is 4. The molecule has 4 rings (SSSR count). The Morgan fingerprint density at radius 2 is 1.83 bits per heavy atom. The third kappa shape index (κ3) is 4.88. The van der Waals surface area contributed by atoms with E-state index in [1.807, 2.05) is 6.07 Å². The van der Waals surface area contributed by atoms with Crippen LogP contribution in [0.3, 0.4) is 0 Å². The summed E-state index contributed by atoms with van der Waals surface area (Å²) in [6, 6.07) is 13.7. The van der Waals surface area contributed by atoms with Gasteiger partial charge in [0.05, 0.1) is 24.1 Å². The monoisotopic (exact) mass is 445 g/mol. The number of nitrogen functional groups attached to an aromatic ring is 3. The van der Waals surface area contributed by atoms with Crippen molar-refractivity contribution in [3.63, 3.8) is 0 Å². The Labute approximate surface area is 181 Å². The van der Waals surface area contributed by atoms with Gasteiger partial charge in [0.25, 0.3) is 0 Å². The van der Waals surface area contributed by atoms with Crippen LogP contribution in [-0.2, 0) is 6.54 Å². The lowest BCUT2D eigenvalue weighted by Gasteiger charge is -2.06. The number of H-pyrrole nitrogens is 1. The number of rotatable bonds is 3. The molecule has 0 saturated carbocycles. The second-order valence-electron chi connectivity index (χ2n) is 6.19. The van der Waals surface area contributed by atoms with E-state index in [1.54, 1.807) is 41.1 Å². The minimum atomic E-state index is -1.30. The summed E-state index contributed by atoms with van der Waals surface area (Å²) in [4.78, 5) is 17.4. The normalized spacial score (nSPS) is 10.5. The van der Waals surface area contributed by atoms with Gasteiger partial charge in [-0.3, -0.25) is 4.68 Å². The zero-order chi connectivity index (χ0) is 21.8. The van der Waals surface area contributed by atoms with Crippen LogP contribution in [0.4, 0.5) is 17.6 Å². The molecule has 0 spiro atoms. The van der Waals surface area contributed by atoms with Gasteiger partial charge in [-0.15, -0.1) is 0 Å². The molecule has 0 unspecified atom stereocenters. The van der Waals surface area contributed by atoms with E-state index in [0.717, 1.165) is 5.56 Å². The average Bonchev–Trinajstić information content (AvgIpc) is 3.02. The Balaban J connectivity index is 0.000000239. The van der Waals surface area contributed by atoms with Gasteiger partial charge in [0.1, 0.15) is 5.69 Å². The molecular weight excluding hydrogens is 429 g/mol. The summed E-state index contributed by atoms with van der Waals surface area (Å²) >= 11 is 12.0. The van der Waals surface area contributed by atoms with Gasteiger partial charge in [-0.1, -0.05) is 52.5 Å². The Morgan fingerprint density at radius 3 is 2.47 bits per heavy atom. The first-order valence-electron chi connectivity index (χ1n) is 8.56. The maximum Gasteiger partial charge on any atom is 0.344 e. The van der Waals surface area contributed by atoms with E-state index in [9.17, 15) is 9.90 Å². The van der Waals surface area contributed by atoms with Gasteiger partial charge in [0, 0.05) is 15.4 Å². The number of hydrogen-bond donors (Lipinski definition) is 3. The summed E-state index contributed by atoms with van der Waals surface area (Å²) in [5.41, 5.74) is 17.2. The minimum Gasteiger partial charge on any atom is -0.543 e. The van der Waals surface area contributed by atoms with Crippen molar-refractivity contribution < 1.29 is 14.9 Å². The van der Waals surface area contributed by atoms with Crippen molar-refractivity contribution in [3.8, 4) is 0 Å². The van der Waals surface area contributed by atoms with E-state index in [1.165, 1.54) is 6.07 Å². The number of hydrogen-bond acceptors (Lipinski definition) is 7. The highest BCUT2D eigenvalue weighted by atomic mass is 35.5. The van der Waals surface area contributed by atoms with Crippen molar-refractivity contribution in [2.75, 3.05) is 17.2 Å². The van der Waals surface area contributed by atoms with Gasteiger partial charge in [-0.2, -0.15) is 5.10 Å². The van der Waals surface area contributed by atoms with Crippen LogP contribution in [0.2, 0.25) is 10.0 Å². The lowest BCUT2D eigenvalue weighted by molar-refractivity contribution is -0.346. The molecule has 2 aromatic heterocycles. The molecule has 2 aromatic carbocycles. The van der Waals surface area contributed by atoms with Crippen LogP contribution in [0.15, 0.2) is 48.5 Å². The number of aromatic carboxylic acids is 1. The lowest BCUT2D eigenvalue weighted by atomic mass is 10.2. The summed E-state index contributed by atoms with van der Waals surface area (Å²) in [7, 11) is 0. The Morgan fingerprint density at radius 1 is 1.10 bits per heavy atom. The number of anilines is 3. The Hall–Kier alpha value is -3.56. The summed E-state index contributed by atoms with van der Waals surface area (Å²) in [6.07, 6.45) is 0. The number of aromatic amines is 1. The fourth-order valence-electron chi connectivity index (χ4n) is 2.75. The van der Waals surface area contributed by atoms with E-state index >= 15 is 0 Å². The molecule has 11 heteroatoms. The fraction of sp³-hybridized carbons (Fsp3) is 0.0526. The number of carboxylic acids is 1. The van der Waals surface area contributed by atoms with Gasteiger partial charge in [-0.25, -0.2) is 4.98 Å². The lowest BCUT2D eigenvalue weighted by Crippen LogP contribution is -2.23. The highest BCUT2D eigenvalue weighted by Crippen LogP contribution is 2.24. The van der Waals surface area contributed by atoms with Crippen molar-refractivity contribution in [1.29, 1.82) is 0 Å². The molecule has 4 aromatic rings. The van der Waals surface area contributed by atoms with Gasteiger partial charge < -0.3 is 27.1 Å². The first kappa shape index (κ1) is 21.2. The molecule has 30 heavy (non-hydrogen) atoms. The zero-order valence-electron chi connectivity index (χ0n) is 15.5. The number of carbonyl (C=O) groups excluding carboxylic acids is 1. The van der Waals surface area contributed by atoms with Gasteiger partial charge in [0.2, 0.25) is 0 Å². The van der Waals surface area contributed by atoms with Crippen molar-refractivity contribution in [1.82, 2.24) is 14.8 Å². The van der Waals surface area contributed by atoms with Crippen LogP contribution < -0.4 is 27.3 Å². The quantitative estimate of drug-likeness (QED) is 0.428. The maximum absolute atomic E-state index is 11.2. The highest BCUT2D eigenvalue weighted by molar-refractivity contribution is 6.35. The van der Waals surface area contributed by atoms with Crippen LogP contribution in [0, 0.1) is 0 Å². The van der Waals surface area contributed by atoms with Crippen molar-refractivity contribution >= 4 is 57.7 Å². The van der Waals surface area contributed by atoms with E-state index in [0.29, 0.717) is 39.1 Å². The van der Waals surface area contributed by atoms with Crippen LogP contribution in [0.25, 0.3) is 10.9 Å². The van der Waals surface area contributed by atoms with Gasteiger partial charge in [0.15, 0.2) is 11.6 Å². The molecular formula is C19H17Cl2N7O2. The highest BCUT2D eigenvalue weighted by Gasteiger charge is 2.12. The van der Waals surface area contributed by atoms with Crippen LogP contribution in [0.5, 0.6) is 0 Å². The van der Waals surface area contributed by atoms with Crippen LogP contribution >= 0.6 is 23.2 Å². The number of fused-ring (bicyclic) bond motifs is 1. The molecule has 0 saturated heterocycles. The first-order valence-corrected chi connectivity index (χ1v) is 9.32. The number of nitrogens with zero attached hydrogens (tertiary/aromatic N) is 3. The molecule has 0 aliphatic rings. The molecule has 0 aliphatic heterocycles. The summed E-state index contributed by atoms with van der Waals surface area (Å²) in [5, 5.41) is 16.9. The standard InChI is InChI=1S/C15H10Cl2N2O2.C4H7N5/c16-10-6-5-9(12(17)7-10)8-19-13-4-2-1-3-11(13)14(18-19)15(20)21;5-2-1-3(6)9-4(7)8-2/h1-7H,8H2,(H,20,21);1H,(H6,5,6,7,8,9). The number of carboxylic acid groups (broad SMARTS) is 1. The molecule has 0 fully saturated rings. The summed E-state index contributed by atoms with van der Waals surface area (Å²) < 4.78 is 1.59. The zero-order valence-corrected chi connectivity index (χ0v) is 17.0. The fourth-order valence-corrected chi connectivity index (χ4v) is 3.22. The van der Waals surface area contributed by atoms with Crippen molar-refractivity contribution in [3.05, 3.63) is 69.8 Å². The third-order valence-electron chi connectivity index (χ3n) is 4.01. The van der Waals surface area contributed by atoms with Crippen LogP contribution in [-0.4, -0.2) is 20.7 Å². The second kappa shape index (κ2) is 8.85. The third-order valence-corrected chi connectivity index (χ3v) is 4.60. The molecule has 9 nitrogen and oxygen atoms in total. The molecule has 7 N–H and O–H groups in total. The largest absolute Gasteiger partial charge is 0.543 e. The SMILES string of the molecule is Nc1cc(N)[nH+]c(N)n1.O=C([O-])c1nn(Cc2ccc(Cl)cc2Cl)c2ccccc12. The molecule has 0 amide bonds. The second-order valence-corrected chi connectivity index (χ2v) is 7.04. The van der Waals surface area contributed by atoms with Crippen LogP contribution in [0.1, 0.15) is 16.1 Å². The number of halogens is 2. The van der Waals surface area contributed by atoms with Crippen molar-refractivity contribution in [2.45, 2.75) is 6.54 Å². The number of nitrogens with two attached hydrogens (primary N) is 3. The number of carbonyl (C=O) groups is 1. The smallest absolute Gasteiger partial charge is 0.344 e. The summed E-state index contributed by atoms with van der Waals surface area (Å²) in [6.45, 7) is 0.351. The molecule has 0 aliphatic carbocycles. The number of benzene rings is 2. The predicted octanol–water partition coefficient (Wildman–Crippen LogP) is 1.40. The molecule has 2 heterocycles. The van der Waals surface area contributed by atoms with Gasteiger partial charge in [-0.05, 0) is 23.8 Å². The Kier molecular flexibility index (Phi) is 6.24. The van der Waals surface area contributed by atoms with Crippen molar-refractivity contribution in [2.24, 2.45) is 0 Å². The van der Waals surface area contributed by atoms with E-state index in [4.69, 9.17) is 40.4 Å². The minimum absolute atomic E-state index is 0.0734. The van der Waals surface area contributed by atoms with E-state index in [-0.39, 0.29) is 11.6 Å². The van der Waals surface area contributed by atoms with Gasteiger partial charge >= 0.3 is 5.95 Å². The first-order chi connectivity index (χ1) is 14.2.